The largest absolute Gasteiger partial charge is 0.443 e. The first-order chi connectivity index (χ1) is 11.7. The van der Waals surface area contributed by atoms with Gasteiger partial charge >= 0.3 is 0 Å². The van der Waals surface area contributed by atoms with Gasteiger partial charge in [0, 0.05) is 12.5 Å². The van der Waals surface area contributed by atoms with Crippen molar-refractivity contribution in [1.82, 2.24) is 15.6 Å². The molecular formula is C18H25Cl2IN4O. The van der Waals surface area contributed by atoms with Crippen molar-refractivity contribution in [3.05, 3.63) is 51.7 Å². The van der Waals surface area contributed by atoms with E-state index in [9.17, 15) is 0 Å². The first-order valence-corrected chi connectivity index (χ1v) is 8.83. The number of nitrogens with one attached hydrogen (secondary N) is 2. The molecule has 1 unspecified atom stereocenters. The van der Waals surface area contributed by atoms with E-state index in [-0.39, 0.29) is 35.4 Å². The average molecular weight is 511 g/mol. The van der Waals surface area contributed by atoms with Gasteiger partial charge in [0.25, 0.3) is 0 Å². The van der Waals surface area contributed by atoms with E-state index in [0.717, 1.165) is 11.3 Å². The van der Waals surface area contributed by atoms with Crippen LogP contribution in [0, 0.1) is 0 Å². The summed E-state index contributed by atoms with van der Waals surface area (Å²) in [4.78, 5) is 8.53. The number of halogens is 3. The lowest BCUT2D eigenvalue weighted by molar-refractivity contribution is 0.379. The van der Waals surface area contributed by atoms with E-state index >= 15 is 0 Å². The van der Waals surface area contributed by atoms with Gasteiger partial charge < -0.3 is 15.1 Å². The molecule has 1 atom stereocenters. The number of benzene rings is 1. The zero-order valence-corrected chi connectivity index (χ0v) is 19.4. The highest BCUT2D eigenvalue weighted by molar-refractivity contribution is 14.0. The third kappa shape index (κ3) is 6.32. The van der Waals surface area contributed by atoms with Crippen LogP contribution in [0.1, 0.15) is 51.0 Å². The first kappa shape index (κ1) is 23.0. The summed E-state index contributed by atoms with van der Waals surface area (Å²) in [5.74, 6) is 2.13. The molecule has 2 aromatic rings. The smallest absolute Gasteiger partial charge is 0.213 e. The Bertz CT molecular complexity index is 756. The van der Waals surface area contributed by atoms with Crippen molar-refractivity contribution >= 4 is 53.1 Å². The van der Waals surface area contributed by atoms with Crippen molar-refractivity contribution < 1.29 is 4.42 Å². The van der Waals surface area contributed by atoms with E-state index in [0.29, 0.717) is 28.4 Å². The molecule has 5 nitrogen and oxygen atoms in total. The van der Waals surface area contributed by atoms with Gasteiger partial charge in [0.1, 0.15) is 5.76 Å². The SMILES string of the molecule is CN=C(NCc1ncc(C(C)(C)C)o1)NC(C)c1ccc(Cl)c(Cl)c1.I. The Morgan fingerprint density at radius 1 is 1.27 bits per heavy atom. The normalized spacial score (nSPS) is 13.1. The van der Waals surface area contributed by atoms with Crippen LogP contribution in [-0.4, -0.2) is 18.0 Å². The zero-order chi connectivity index (χ0) is 18.6. The van der Waals surface area contributed by atoms with E-state index in [1.807, 2.05) is 19.1 Å². The summed E-state index contributed by atoms with van der Waals surface area (Å²) >= 11 is 12.0. The summed E-state index contributed by atoms with van der Waals surface area (Å²) in [5.41, 5.74) is 0.955. The fourth-order valence-electron chi connectivity index (χ4n) is 2.16. The van der Waals surface area contributed by atoms with Gasteiger partial charge in [-0.1, -0.05) is 50.0 Å². The van der Waals surface area contributed by atoms with Gasteiger partial charge in [-0.25, -0.2) is 4.98 Å². The Morgan fingerprint density at radius 3 is 2.50 bits per heavy atom. The minimum Gasteiger partial charge on any atom is -0.443 e. The molecule has 0 bridgehead atoms. The summed E-state index contributed by atoms with van der Waals surface area (Å²) in [5, 5.41) is 7.58. The molecule has 2 N–H and O–H groups in total. The summed E-state index contributed by atoms with van der Waals surface area (Å²) in [6.45, 7) is 8.73. The van der Waals surface area contributed by atoms with Crippen LogP contribution in [0.15, 0.2) is 33.8 Å². The van der Waals surface area contributed by atoms with Gasteiger partial charge in [0.2, 0.25) is 5.89 Å². The van der Waals surface area contributed by atoms with E-state index in [1.54, 1.807) is 19.3 Å². The van der Waals surface area contributed by atoms with Crippen LogP contribution in [0.5, 0.6) is 0 Å². The third-order valence-corrected chi connectivity index (χ3v) is 4.46. The van der Waals surface area contributed by atoms with Crippen LogP contribution in [0.4, 0.5) is 0 Å². The van der Waals surface area contributed by atoms with E-state index in [4.69, 9.17) is 27.6 Å². The topological polar surface area (TPSA) is 62.5 Å². The second-order valence-electron chi connectivity index (χ2n) is 6.83. The maximum absolute atomic E-state index is 6.08. The summed E-state index contributed by atoms with van der Waals surface area (Å²) in [6.07, 6.45) is 1.77. The Morgan fingerprint density at radius 2 is 1.96 bits per heavy atom. The lowest BCUT2D eigenvalue weighted by Crippen LogP contribution is -2.38. The van der Waals surface area contributed by atoms with Gasteiger partial charge in [-0.3, -0.25) is 4.99 Å². The molecule has 0 aliphatic heterocycles. The number of rotatable bonds is 4. The van der Waals surface area contributed by atoms with Crippen molar-refractivity contribution in [3.63, 3.8) is 0 Å². The standard InChI is InChI=1S/C18H24Cl2N4O.HI/c1-11(12-6-7-13(19)14(20)8-12)24-17(21-5)23-10-16-22-9-15(25-16)18(2,3)4;/h6-9,11H,10H2,1-5H3,(H2,21,23,24);1H. The molecule has 0 saturated carbocycles. The second kappa shape index (κ2) is 9.80. The van der Waals surface area contributed by atoms with Crippen LogP contribution in [0.25, 0.3) is 0 Å². The number of hydrogen-bond donors (Lipinski definition) is 2. The molecule has 2 rings (SSSR count). The van der Waals surface area contributed by atoms with Gasteiger partial charge in [-0.15, -0.1) is 24.0 Å². The molecule has 144 valence electrons. The molecule has 1 aromatic heterocycles. The van der Waals surface area contributed by atoms with Crippen LogP contribution in [-0.2, 0) is 12.0 Å². The average Bonchev–Trinajstić information content (AvgIpc) is 3.03. The summed E-state index contributed by atoms with van der Waals surface area (Å²) < 4.78 is 5.77. The molecule has 26 heavy (non-hydrogen) atoms. The highest BCUT2D eigenvalue weighted by atomic mass is 127. The minimum absolute atomic E-state index is 0. The third-order valence-electron chi connectivity index (χ3n) is 3.72. The quantitative estimate of drug-likeness (QED) is 0.332. The summed E-state index contributed by atoms with van der Waals surface area (Å²) in [6, 6.07) is 5.58. The molecule has 8 heteroatoms. The number of oxazole rings is 1. The monoisotopic (exact) mass is 510 g/mol. The lowest BCUT2D eigenvalue weighted by Gasteiger charge is -2.18. The second-order valence-corrected chi connectivity index (χ2v) is 7.65. The fraction of sp³-hybridized carbons (Fsp3) is 0.444. The Kier molecular flexibility index (Phi) is 8.69. The van der Waals surface area contributed by atoms with Gasteiger partial charge in [0.05, 0.1) is 28.8 Å². The lowest BCUT2D eigenvalue weighted by atomic mass is 9.94. The first-order valence-electron chi connectivity index (χ1n) is 8.08. The molecule has 1 heterocycles. The van der Waals surface area contributed by atoms with E-state index in [1.165, 1.54) is 0 Å². The van der Waals surface area contributed by atoms with Crippen LogP contribution < -0.4 is 10.6 Å². The predicted octanol–water partition coefficient (Wildman–Crippen LogP) is 5.32. The Labute approximate surface area is 182 Å². The van der Waals surface area contributed by atoms with E-state index < -0.39 is 0 Å². The fourth-order valence-corrected chi connectivity index (χ4v) is 2.47. The Hall–Kier alpha value is -0.990. The van der Waals surface area contributed by atoms with Crippen molar-refractivity contribution in [3.8, 4) is 0 Å². The predicted molar refractivity (Wildman–Crippen MR) is 119 cm³/mol. The molecule has 1 aromatic carbocycles. The van der Waals surface area contributed by atoms with Gasteiger partial charge in [-0.05, 0) is 24.6 Å². The van der Waals surface area contributed by atoms with Crippen LogP contribution >= 0.6 is 47.2 Å². The highest BCUT2D eigenvalue weighted by Gasteiger charge is 2.19. The maximum atomic E-state index is 6.08. The molecule has 0 saturated heterocycles. The van der Waals surface area contributed by atoms with Crippen LogP contribution in [0.3, 0.4) is 0 Å². The molecular weight excluding hydrogens is 486 g/mol. The van der Waals surface area contributed by atoms with Crippen molar-refractivity contribution in [2.24, 2.45) is 4.99 Å². The number of nitrogens with zero attached hydrogens (tertiary/aromatic N) is 2. The maximum Gasteiger partial charge on any atom is 0.213 e. The molecule has 0 fully saturated rings. The van der Waals surface area contributed by atoms with Gasteiger partial charge in [-0.2, -0.15) is 0 Å². The molecule has 0 spiro atoms. The zero-order valence-electron chi connectivity index (χ0n) is 15.6. The van der Waals surface area contributed by atoms with Crippen molar-refractivity contribution in [2.75, 3.05) is 7.05 Å². The van der Waals surface area contributed by atoms with Crippen molar-refractivity contribution in [2.45, 2.75) is 45.7 Å². The summed E-state index contributed by atoms with van der Waals surface area (Å²) in [7, 11) is 1.72. The number of guanidine groups is 1. The Balaban J connectivity index is 0.00000338. The number of hydrogen-bond acceptors (Lipinski definition) is 3. The molecule has 0 aliphatic rings. The minimum atomic E-state index is -0.0620. The van der Waals surface area contributed by atoms with Gasteiger partial charge in [0.15, 0.2) is 5.96 Å². The number of aliphatic imine (C=N–C) groups is 1. The highest BCUT2D eigenvalue weighted by Crippen LogP contribution is 2.25. The van der Waals surface area contributed by atoms with Crippen LogP contribution in [0.2, 0.25) is 10.0 Å². The molecule has 0 amide bonds. The molecule has 0 aliphatic carbocycles. The number of aromatic nitrogens is 1. The van der Waals surface area contributed by atoms with Crippen molar-refractivity contribution in [1.29, 1.82) is 0 Å². The van der Waals surface area contributed by atoms with E-state index in [2.05, 4.69) is 41.4 Å². The molecule has 0 radical (unpaired) electrons.